The molecule has 1 aromatic heterocycles. The first-order valence-corrected chi connectivity index (χ1v) is 6.81. The number of carbonyl (C=O) groups is 1. The molecule has 0 saturated carbocycles. The first kappa shape index (κ1) is 15.5. The Labute approximate surface area is 114 Å². The minimum Gasteiger partial charge on any atom is -0.478 e. The summed E-state index contributed by atoms with van der Waals surface area (Å²) in [6.45, 7) is 9.53. The molecule has 1 N–H and O–H groups in total. The molecule has 0 aromatic carbocycles. The van der Waals surface area contributed by atoms with Crippen molar-refractivity contribution in [1.29, 1.82) is 0 Å². The first-order chi connectivity index (χ1) is 8.84. The van der Waals surface area contributed by atoms with Crippen LogP contribution in [0, 0.1) is 13.8 Å². The van der Waals surface area contributed by atoms with E-state index in [0.29, 0.717) is 11.3 Å². The third kappa shape index (κ3) is 2.44. The summed E-state index contributed by atoms with van der Waals surface area (Å²) in [5.74, 6) is -0.971. The molecule has 1 heterocycles. The zero-order valence-corrected chi connectivity index (χ0v) is 12.4. The van der Waals surface area contributed by atoms with Crippen molar-refractivity contribution in [2.45, 2.75) is 59.4 Å². The van der Waals surface area contributed by atoms with Crippen molar-refractivity contribution >= 4 is 5.97 Å². The molecule has 1 rings (SSSR count). The van der Waals surface area contributed by atoms with Crippen LogP contribution in [0.4, 0.5) is 0 Å². The normalized spacial score (nSPS) is 11.6. The lowest BCUT2D eigenvalue weighted by molar-refractivity contribution is 0.0692. The van der Waals surface area contributed by atoms with Crippen LogP contribution in [0.15, 0.2) is 10.9 Å². The number of pyridine rings is 1. The van der Waals surface area contributed by atoms with Gasteiger partial charge >= 0.3 is 5.97 Å². The van der Waals surface area contributed by atoms with Gasteiger partial charge in [-0.05, 0) is 38.7 Å². The fourth-order valence-corrected chi connectivity index (χ4v) is 3.02. The van der Waals surface area contributed by atoms with Crippen LogP contribution in [-0.4, -0.2) is 15.6 Å². The van der Waals surface area contributed by atoms with Gasteiger partial charge < -0.3 is 9.67 Å². The first-order valence-electron chi connectivity index (χ1n) is 6.81. The molecule has 0 spiro atoms. The van der Waals surface area contributed by atoms with Crippen LogP contribution in [0.2, 0.25) is 0 Å². The lowest BCUT2D eigenvalue weighted by Gasteiger charge is -2.35. The van der Waals surface area contributed by atoms with E-state index in [-0.39, 0.29) is 16.7 Å². The molecule has 4 nitrogen and oxygen atoms in total. The SMILES string of the molecule is CCC(CC)(CC)n1c(C)c(C(=O)O)c(C)cc1=O. The van der Waals surface area contributed by atoms with E-state index < -0.39 is 5.97 Å². The maximum absolute atomic E-state index is 12.3. The van der Waals surface area contributed by atoms with E-state index in [0.717, 1.165) is 19.3 Å². The zero-order chi connectivity index (χ0) is 14.8. The van der Waals surface area contributed by atoms with Gasteiger partial charge in [0.2, 0.25) is 0 Å². The van der Waals surface area contributed by atoms with Gasteiger partial charge in [-0.2, -0.15) is 0 Å². The Hall–Kier alpha value is -1.58. The highest BCUT2D eigenvalue weighted by atomic mass is 16.4. The Bertz CT molecular complexity index is 531. The highest BCUT2D eigenvalue weighted by Gasteiger charge is 2.30. The molecule has 0 bridgehead atoms. The largest absolute Gasteiger partial charge is 0.478 e. The average Bonchev–Trinajstić information content (AvgIpc) is 2.33. The van der Waals surface area contributed by atoms with E-state index in [1.54, 1.807) is 18.4 Å². The molecule has 1 aromatic rings. The van der Waals surface area contributed by atoms with Gasteiger partial charge in [0, 0.05) is 17.3 Å². The van der Waals surface area contributed by atoms with Crippen LogP contribution < -0.4 is 5.56 Å². The summed E-state index contributed by atoms with van der Waals surface area (Å²) in [6, 6.07) is 1.44. The Morgan fingerprint density at radius 3 is 2.05 bits per heavy atom. The quantitative estimate of drug-likeness (QED) is 0.890. The molecule has 0 aliphatic heterocycles. The third-order valence-corrected chi connectivity index (χ3v) is 4.31. The Balaban J connectivity index is 3.74. The summed E-state index contributed by atoms with van der Waals surface area (Å²) < 4.78 is 1.68. The van der Waals surface area contributed by atoms with E-state index in [1.165, 1.54) is 6.07 Å². The second-order valence-corrected chi connectivity index (χ2v) is 5.05. The van der Waals surface area contributed by atoms with Gasteiger partial charge in [0.1, 0.15) is 0 Å². The van der Waals surface area contributed by atoms with E-state index in [1.807, 2.05) is 20.8 Å². The standard InChI is InChI=1S/C15H23NO3/c1-6-15(7-2,8-3)16-11(5)13(14(18)19)10(4)9-12(16)17/h9H,6-8H2,1-5H3,(H,18,19). The second-order valence-electron chi connectivity index (χ2n) is 5.05. The Morgan fingerprint density at radius 2 is 1.68 bits per heavy atom. The smallest absolute Gasteiger partial charge is 0.337 e. The van der Waals surface area contributed by atoms with Crippen molar-refractivity contribution in [2.24, 2.45) is 0 Å². The fourth-order valence-electron chi connectivity index (χ4n) is 3.02. The Kier molecular flexibility index (Phi) is 4.56. The van der Waals surface area contributed by atoms with Crippen LogP contribution >= 0.6 is 0 Å². The van der Waals surface area contributed by atoms with Crippen LogP contribution in [0.1, 0.15) is 61.6 Å². The molecule has 0 aliphatic rings. The maximum atomic E-state index is 12.3. The molecule has 19 heavy (non-hydrogen) atoms. The molecule has 0 amide bonds. The highest BCUT2D eigenvalue weighted by molar-refractivity contribution is 5.90. The topological polar surface area (TPSA) is 59.3 Å². The maximum Gasteiger partial charge on any atom is 0.337 e. The average molecular weight is 265 g/mol. The van der Waals surface area contributed by atoms with E-state index >= 15 is 0 Å². The summed E-state index contributed by atoms with van der Waals surface area (Å²) in [5.41, 5.74) is 0.940. The zero-order valence-electron chi connectivity index (χ0n) is 12.4. The monoisotopic (exact) mass is 265 g/mol. The van der Waals surface area contributed by atoms with Gasteiger partial charge in [0.25, 0.3) is 5.56 Å². The van der Waals surface area contributed by atoms with Gasteiger partial charge in [-0.25, -0.2) is 4.79 Å². The summed E-state index contributed by atoms with van der Waals surface area (Å²) in [5, 5.41) is 9.33. The number of carboxylic acids is 1. The number of carboxylic acid groups (broad SMARTS) is 1. The van der Waals surface area contributed by atoms with Crippen molar-refractivity contribution in [2.75, 3.05) is 0 Å². The summed E-state index contributed by atoms with van der Waals surface area (Å²) >= 11 is 0. The molecular weight excluding hydrogens is 242 g/mol. The van der Waals surface area contributed by atoms with Gasteiger partial charge in [-0.1, -0.05) is 20.8 Å². The molecule has 106 valence electrons. The molecule has 0 saturated heterocycles. The molecule has 0 unspecified atom stereocenters. The van der Waals surface area contributed by atoms with E-state index in [2.05, 4.69) is 0 Å². The predicted octanol–water partition coefficient (Wildman–Crippen LogP) is 3.09. The van der Waals surface area contributed by atoms with E-state index in [4.69, 9.17) is 0 Å². The summed E-state index contributed by atoms with van der Waals surface area (Å²) in [4.78, 5) is 23.7. The van der Waals surface area contributed by atoms with Crippen LogP contribution in [-0.2, 0) is 5.54 Å². The van der Waals surface area contributed by atoms with Gasteiger partial charge in [-0.15, -0.1) is 0 Å². The third-order valence-electron chi connectivity index (χ3n) is 4.31. The number of nitrogens with zero attached hydrogens (tertiary/aromatic N) is 1. The van der Waals surface area contributed by atoms with Crippen molar-refractivity contribution in [3.63, 3.8) is 0 Å². The van der Waals surface area contributed by atoms with Crippen LogP contribution in [0.5, 0.6) is 0 Å². The minimum atomic E-state index is -0.971. The Morgan fingerprint density at radius 1 is 1.21 bits per heavy atom. The van der Waals surface area contributed by atoms with Crippen molar-refractivity contribution in [3.05, 3.63) is 33.2 Å². The highest BCUT2D eigenvalue weighted by Crippen LogP contribution is 2.30. The van der Waals surface area contributed by atoms with Crippen molar-refractivity contribution < 1.29 is 9.90 Å². The number of aryl methyl sites for hydroxylation is 1. The fraction of sp³-hybridized carbons (Fsp3) is 0.600. The van der Waals surface area contributed by atoms with Gasteiger partial charge in [-0.3, -0.25) is 4.79 Å². The number of hydrogen-bond acceptors (Lipinski definition) is 2. The predicted molar refractivity (Wildman–Crippen MR) is 76.0 cm³/mol. The molecule has 4 heteroatoms. The molecule has 0 radical (unpaired) electrons. The molecule has 0 atom stereocenters. The molecule has 0 fully saturated rings. The number of aromatic carboxylic acids is 1. The van der Waals surface area contributed by atoms with Gasteiger partial charge in [0.05, 0.1) is 5.56 Å². The number of rotatable bonds is 5. The van der Waals surface area contributed by atoms with E-state index in [9.17, 15) is 14.7 Å². The van der Waals surface area contributed by atoms with Crippen LogP contribution in [0.25, 0.3) is 0 Å². The van der Waals surface area contributed by atoms with Crippen molar-refractivity contribution in [1.82, 2.24) is 4.57 Å². The lowest BCUT2D eigenvalue weighted by atomic mass is 9.88. The molecular formula is C15H23NO3. The second kappa shape index (κ2) is 5.59. The number of aromatic nitrogens is 1. The van der Waals surface area contributed by atoms with Gasteiger partial charge in [0.15, 0.2) is 0 Å². The van der Waals surface area contributed by atoms with Crippen molar-refractivity contribution in [3.8, 4) is 0 Å². The minimum absolute atomic E-state index is 0.106. The number of hydrogen-bond donors (Lipinski definition) is 1. The summed E-state index contributed by atoms with van der Waals surface area (Å²) in [7, 11) is 0. The lowest BCUT2D eigenvalue weighted by Crippen LogP contribution is -2.42. The summed E-state index contributed by atoms with van der Waals surface area (Å²) in [6.07, 6.45) is 2.43. The van der Waals surface area contributed by atoms with Crippen LogP contribution in [0.3, 0.4) is 0 Å². The molecule has 0 aliphatic carbocycles.